The van der Waals surface area contributed by atoms with Gasteiger partial charge in [0.1, 0.15) is 0 Å². The van der Waals surface area contributed by atoms with Crippen molar-refractivity contribution in [1.82, 2.24) is 15.5 Å². The van der Waals surface area contributed by atoms with Crippen molar-refractivity contribution in [2.75, 3.05) is 0 Å². The van der Waals surface area contributed by atoms with Gasteiger partial charge in [-0.15, -0.1) is 0 Å². The monoisotopic (exact) mass is 235 g/mol. The van der Waals surface area contributed by atoms with E-state index in [4.69, 9.17) is 0 Å². The number of aromatic amines is 1. The number of carbonyl (C=O) groups excluding carboxylic acids is 1. The van der Waals surface area contributed by atoms with E-state index in [1.807, 2.05) is 6.92 Å². The predicted octanol–water partition coefficient (Wildman–Crippen LogP) is 2.42. The van der Waals surface area contributed by atoms with Crippen molar-refractivity contribution in [1.29, 1.82) is 0 Å². The summed E-state index contributed by atoms with van der Waals surface area (Å²) in [5, 5.41) is 9.76. The molecule has 1 atom stereocenters. The number of nitrogens with zero attached hydrogens (tertiary/aromatic N) is 1. The normalized spacial score (nSPS) is 18.9. The highest BCUT2D eigenvalue weighted by Crippen LogP contribution is 2.26. The zero-order chi connectivity index (χ0) is 12.3. The van der Waals surface area contributed by atoms with E-state index in [1.54, 1.807) is 6.20 Å². The lowest BCUT2D eigenvalue weighted by Crippen LogP contribution is -2.39. The summed E-state index contributed by atoms with van der Waals surface area (Å²) in [6, 6.07) is 0.261. The van der Waals surface area contributed by atoms with Crippen LogP contribution >= 0.6 is 0 Å². The van der Waals surface area contributed by atoms with Crippen LogP contribution in [0.3, 0.4) is 0 Å². The molecule has 1 heterocycles. The maximum atomic E-state index is 12.0. The molecule has 17 heavy (non-hydrogen) atoms. The van der Waals surface area contributed by atoms with Crippen molar-refractivity contribution >= 4 is 5.91 Å². The molecule has 1 fully saturated rings. The van der Waals surface area contributed by atoms with Crippen molar-refractivity contribution in [3.63, 3.8) is 0 Å². The molecular formula is C13H21N3O. The molecule has 0 aliphatic heterocycles. The zero-order valence-corrected chi connectivity index (χ0v) is 10.6. The highest BCUT2D eigenvalue weighted by Gasteiger charge is 2.22. The lowest BCUT2D eigenvalue weighted by molar-refractivity contribution is 0.0919. The first-order valence-electron chi connectivity index (χ1n) is 6.49. The van der Waals surface area contributed by atoms with E-state index in [0.717, 1.165) is 5.69 Å². The molecule has 0 aromatic carbocycles. The third kappa shape index (κ3) is 2.87. The van der Waals surface area contributed by atoms with Crippen LogP contribution in [-0.2, 0) is 0 Å². The van der Waals surface area contributed by atoms with Crippen molar-refractivity contribution in [3.8, 4) is 0 Å². The van der Waals surface area contributed by atoms with Gasteiger partial charge in [-0.3, -0.25) is 9.89 Å². The van der Waals surface area contributed by atoms with Crippen LogP contribution in [0.25, 0.3) is 0 Å². The molecule has 94 valence electrons. The second-order valence-electron chi connectivity index (χ2n) is 5.07. The van der Waals surface area contributed by atoms with Crippen LogP contribution in [0.2, 0.25) is 0 Å². The van der Waals surface area contributed by atoms with Gasteiger partial charge in [0.2, 0.25) is 0 Å². The molecule has 0 bridgehead atoms. The third-order valence-corrected chi connectivity index (χ3v) is 3.79. The Bertz CT molecular complexity index is 380. The largest absolute Gasteiger partial charge is 0.349 e. The Hall–Kier alpha value is -1.32. The molecule has 1 amide bonds. The van der Waals surface area contributed by atoms with Crippen LogP contribution in [0, 0.1) is 12.8 Å². The van der Waals surface area contributed by atoms with Gasteiger partial charge in [-0.25, -0.2) is 0 Å². The van der Waals surface area contributed by atoms with Gasteiger partial charge >= 0.3 is 0 Å². The van der Waals surface area contributed by atoms with Crippen LogP contribution < -0.4 is 5.32 Å². The average molecular weight is 235 g/mol. The molecule has 1 aromatic rings. The molecule has 1 saturated carbocycles. The number of H-pyrrole nitrogens is 1. The van der Waals surface area contributed by atoms with Crippen molar-refractivity contribution < 1.29 is 4.79 Å². The van der Waals surface area contributed by atoms with Crippen molar-refractivity contribution in [2.24, 2.45) is 5.92 Å². The topological polar surface area (TPSA) is 57.8 Å². The van der Waals surface area contributed by atoms with Crippen molar-refractivity contribution in [2.45, 2.75) is 52.0 Å². The summed E-state index contributed by atoms with van der Waals surface area (Å²) in [5.74, 6) is 0.634. The number of carbonyl (C=O) groups is 1. The Labute approximate surface area is 102 Å². The van der Waals surface area contributed by atoms with Gasteiger partial charge in [0.15, 0.2) is 0 Å². The Morgan fingerprint density at radius 3 is 2.76 bits per heavy atom. The summed E-state index contributed by atoms with van der Waals surface area (Å²) in [5.41, 5.74) is 1.49. The fourth-order valence-corrected chi connectivity index (χ4v) is 2.62. The Morgan fingerprint density at radius 1 is 1.47 bits per heavy atom. The number of hydrogen-bond donors (Lipinski definition) is 2. The molecule has 1 aromatic heterocycles. The fraction of sp³-hybridized carbons (Fsp3) is 0.692. The molecule has 4 heteroatoms. The van der Waals surface area contributed by atoms with Crippen LogP contribution in [0.15, 0.2) is 6.20 Å². The van der Waals surface area contributed by atoms with E-state index in [1.165, 1.54) is 32.1 Å². The van der Waals surface area contributed by atoms with Gasteiger partial charge in [0.25, 0.3) is 5.91 Å². The minimum atomic E-state index is -0.00526. The van der Waals surface area contributed by atoms with Gasteiger partial charge < -0.3 is 5.32 Å². The smallest absolute Gasteiger partial charge is 0.254 e. The highest BCUT2D eigenvalue weighted by molar-refractivity contribution is 5.95. The average Bonchev–Trinajstić information content (AvgIpc) is 2.76. The lowest BCUT2D eigenvalue weighted by Gasteiger charge is -2.28. The quantitative estimate of drug-likeness (QED) is 0.845. The number of aromatic nitrogens is 2. The highest BCUT2D eigenvalue weighted by atomic mass is 16.1. The van der Waals surface area contributed by atoms with Crippen LogP contribution in [0.5, 0.6) is 0 Å². The van der Waals surface area contributed by atoms with E-state index < -0.39 is 0 Å². The molecule has 2 N–H and O–H groups in total. The fourth-order valence-electron chi connectivity index (χ4n) is 2.62. The van der Waals surface area contributed by atoms with E-state index in [0.29, 0.717) is 11.5 Å². The third-order valence-electron chi connectivity index (χ3n) is 3.79. The maximum Gasteiger partial charge on any atom is 0.254 e. The van der Waals surface area contributed by atoms with E-state index >= 15 is 0 Å². The summed E-state index contributed by atoms with van der Waals surface area (Å²) in [6.45, 7) is 3.98. The second kappa shape index (κ2) is 5.34. The van der Waals surface area contributed by atoms with Gasteiger partial charge in [0.05, 0.1) is 11.8 Å². The minimum absolute atomic E-state index is 0.00526. The molecule has 2 rings (SSSR count). The van der Waals surface area contributed by atoms with E-state index in [2.05, 4.69) is 22.4 Å². The molecule has 0 radical (unpaired) electrons. The Morgan fingerprint density at radius 2 is 2.18 bits per heavy atom. The van der Waals surface area contributed by atoms with Crippen LogP contribution in [-0.4, -0.2) is 22.1 Å². The number of nitrogens with one attached hydrogen (secondary N) is 2. The molecule has 4 nitrogen and oxygen atoms in total. The summed E-state index contributed by atoms with van der Waals surface area (Å²) >= 11 is 0. The Balaban J connectivity index is 1.92. The van der Waals surface area contributed by atoms with E-state index in [9.17, 15) is 4.79 Å². The summed E-state index contributed by atoms with van der Waals surface area (Å²) in [7, 11) is 0. The first kappa shape index (κ1) is 12.1. The predicted molar refractivity (Wildman–Crippen MR) is 66.8 cm³/mol. The SMILES string of the molecule is Cc1[nH]ncc1C(=O)NC(C)C1CCCCC1. The minimum Gasteiger partial charge on any atom is -0.349 e. The number of hydrogen-bond acceptors (Lipinski definition) is 2. The lowest BCUT2D eigenvalue weighted by atomic mass is 9.84. The summed E-state index contributed by atoms with van der Waals surface area (Å²) in [4.78, 5) is 12.0. The zero-order valence-electron chi connectivity index (χ0n) is 10.6. The number of aryl methyl sites for hydroxylation is 1. The Kier molecular flexibility index (Phi) is 3.82. The maximum absolute atomic E-state index is 12.0. The molecule has 0 spiro atoms. The molecule has 1 unspecified atom stereocenters. The van der Waals surface area contributed by atoms with Crippen molar-refractivity contribution in [3.05, 3.63) is 17.5 Å². The second-order valence-corrected chi connectivity index (χ2v) is 5.07. The first-order chi connectivity index (χ1) is 8.18. The number of rotatable bonds is 3. The van der Waals surface area contributed by atoms with Crippen LogP contribution in [0.1, 0.15) is 55.1 Å². The molecule has 1 aliphatic rings. The standard InChI is InChI=1S/C13H21N3O/c1-9(11-6-4-3-5-7-11)15-13(17)12-8-14-16-10(12)2/h8-9,11H,3-7H2,1-2H3,(H,14,16)(H,15,17). The summed E-state index contributed by atoms with van der Waals surface area (Å²) in [6.07, 6.45) is 8.03. The van der Waals surface area contributed by atoms with Gasteiger partial charge in [-0.05, 0) is 32.6 Å². The molecular weight excluding hydrogens is 214 g/mol. The van der Waals surface area contributed by atoms with Crippen LogP contribution in [0.4, 0.5) is 0 Å². The molecule has 1 aliphatic carbocycles. The van der Waals surface area contributed by atoms with E-state index in [-0.39, 0.29) is 11.9 Å². The van der Waals surface area contributed by atoms with Gasteiger partial charge in [0, 0.05) is 11.7 Å². The summed E-state index contributed by atoms with van der Waals surface area (Å²) < 4.78 is 0. The van der Waals surface area contributed by atoms with Gasteiger partial charge in [-0.2, -0.15) is 5.10 Å². The van der Waals surface area contributed by atoms with Gasteiger partial charge in [-0.1, -0.05) is 19.3 Å². The first-order valence-corrected chi connectivity index (χ1v) is 6.49. The molecule has 0 saturated heterocycles. The number of amides is 1.